The van der Waals surface area contributed by atoms with E-state index < -0.39 is 5.82 Å². The third kappa shape index (κ3) is 5.09. The van der Waals surface area contributed by atoms with Crippen molar-refractivity contribution >= 4 is 11.8 Å². The van der Waals surface area contributed by atoms with Gasteiger partial charge in [-0.1, -0.05) is 47.6 Å². The smallest absolute Gasteiger partial charge is 0.257 e. The number of aromatic nitrogens is 1. The molecule has 0 radical (unpaired) electrons. The average Bonchev–Trinajstić information content (AvgIpc) is 3.50. The van der Waals surface area contributed by atoms with Crippen LogP contribution in [-0.2, 0) is 11.3 Å². The van der Waals surface area contributed by atoms with Crippen LogP contribution in [0.3, 0.4) is 0 Å². The number of ether oxygens (including phenoxy) is 1. The highest BCUT2D eigenvalue weighted by Crippen LogP contribution is 2.33. The topological polar surface area (TPSA) is 58.8 Å². The van der Waals surface area contributed by atoms with Crippen molar-refractivity contribution in [2.24, 2.45) is 0 Å². The van der Waals surface area contributed by atoms with E-state index in [4.69, 9.17) is 9.26 Å². The summed E-state index contributed by atoms with van der Waals surface area (Å²) >= 11 is 0. The Bertz CT molecular complexity index is 1060. The lowest BCUT2D eigenvalue weighted by atomic mass is 10.1. The molecular formula is C26H30FN3O3. The molecule has 1 amide bonds. The molecule has 6 nitrogen and oxygen atoms in total. The van der Waals surface area contributed by atoms with E-state index >= 15 is 0 Å². The second-order valence-electron chi connectivity index (χ2n) is 8.15. The molecule has 3 aromatic rings. The highest BCUT2D eigenvalue weighted by atomic mass is 19.1. The molecule has 1 aromatic heterocycles. The van der Waals surface area contributed by atoms with Gasteiger partial charge in [0.05, 0.1) is 23.8 Å². The minimum Gasteiger partial charge on any atom is -0.376 e. The van der Waals surface area contributed by atoms with Crippen molar-refractivity contribution < 1.29 is 18.4 Å². The summed E-state index contributed by atoms with van der Waals surface area (Å²) in [4.78, 5) is 17.3. The Hall–Kier alpha value is -3.19. The predicted octanol–water partition coefficient (Wildman–Crippen LogP) is 5.15. The van der Waals surface area contributed by atoms with Gasteiger partial charge in [-0.15, -0.1) is 0 Å². The molecule has 0 unspecified atom stereocenters. The van der Waals surface area contributed by atoms with E-state index in [0.717, 1.165) is 37.1 Å². The molecule has 2 heterocycles. The van der Waals surface area contributed by atoms with E-state index in [9.17, 15) is 9.18 Å². The number of nitrogens with zero attached hydrogens (tertiary/aromatic N) is 3. The van der Waals surface area contributed by atoms with Crippen LogP contribution >= 0.6 is 0 Å². The monoisotopic (exact) mass is 451 g/mol. The highest BCUT2D eigenvalue weighted by molar-refractivity contribution is 5.94. The number of carbonyl (C=O) groups excluding carboxylic acids is 1. The molecule has 1 aliphatic rings. The zero-order chi connectivity index (χ0) is 23.2. The summed E-state index contributed by atoms with van der Waals surface area (Å²) in [5.74, 6) is -0.260. The van der Waals surface area contributed by atoms with E-state index in [2.05, 4.69) is 10.1 Å². The first-order valence-electron chi connectivity index (χ1n) is 11.6. The molecule has 2 aromatic carbocycles. The number of amides is 1. The molecule has 33 heavy (non-hydrogen) atoms. The Balaban J connectivity index is 1.74. The van der Waals surface area contributed by atoms with Gasteiger partial charge in [0.25, 0.3) is 5.91 Å². The molecule has 0 bridgehead atoms. The number of rotatable bonds is 9. The van der Waals surface area contributed by atoms with Crippen molar-refractivity contribution in [3.8, 4) is 11.3 Å². The van der Waals surface area contributed by atoms with Crippen molar-refractivity contribution in [3.05, 3.63) is 71.5 Å². The Morgan fingerprint density at radius 2 is 1.82 bits per heavy atom. The zero-order valence-corrected chi connectivity index (χ0v) is 19.2. The van der Waals surface area contributed by atoms with Gasteiger partial charge in [-0.3, -0.25) is 4.79 Å². The molecular weight excluding hydrogens is 421 g/mol. The molecule has 7 heteroatoms. The van der Waals surface area contributed by atoms with Crippen LogP contribution in [0, 0.1) is 5.82 Å². The first-order valence-corrected chi connectivity index (χ1v) is 11.6. The summed E-state index contributed by atoms with van der Waals surface area (Å²) in [7, 11) is 0. The number of benzene rings is 2. The van der Waals surface area contributed by atoms with Crippen molar-refractivity contribution in [3.63, 3.8) is 0 Å². The largest absolute Gasteiger partial charge is 0.376 e. The minimum atomic E-state index is -0.530. The Kier molecular flexibility index (Phi) is 7.40. The van der Waals surface area contributed by atoms with Crippen molar-refractivity contribution in [1.29, 1.82) is 0 Å². The summed E-state index contributed by atoms with van der Waals surface area (Å²) < 4.78 is 26.2. The second-order valence-corrected chi connectivity index (χ2v) is 8.15. The van der Waals surface area contributed by atoms with E-state index in [1.54, 1.807) is 17.0 Å². The normalized spacial score (nSPS) is 15.5. The number of anilines is 1. The maximum atomic E-state index is 14.5. The van der Waals surface area contributed by atoms with Crippen molar-refractivity contribution in [2.45, 2.75) is 39.3 Å². The molecule has 4 rings (SSSR count). The third-order valence-corrected chi connectivity index (χ3v) is 6.05. The maximum Gasteiger partial charge on any atom is 0.257 e. The van der Waals surface area contributed by atoms with Crippen molar-refractivity contribution in [1.82, 2.24) is 10.1 Å². The first kappa shape index (κ1) is 23.0. The summed E-state index contributed by atoms with van der Waals surface area (Å²) in [6, 6.07) is 15.9. The van der Waals surface area contributed by atoms with Gasteiger partial charge < -0.3 is 19.1 Å². The lowest BCUT2D eigenvalue weighted by molar-refractivity contribution is 0.0504. The molecule has 0 spiro atoms. The molecule has 1 atom stereocenters. The second kappa shape index (κ2) is 10.6. The maximum absolute atomic E-state index is 14.5. The van der Waals surface area contributed by atoms with E-state index in [1.165, 1.54) is 12.1 Å². The van der Waals surface area contributed by atoms with Gasteiger partial charge in [0.15, 0.2) is 0 Å². The van der Waals surface area contributed by atoms with Crippen LogP contribution in [0.4, 0.5) is 10.3 Å². The molecule has 174 valence electrons. The van der Waals surface area contributed by atoms with Crippen LogP contribution in [0.1, 0.15) is 42.6 Å². The standard InChI is InChI=1S/C26H30FN3O3/c1-3-29(4-2)26-22(24(28-33-26)19-11-6-5-7-12-19)18-30(17-20-13-10-16-32-20)25(31)21-14-8-9-15-23(21)27/h5-9,11-12,14-15,20H,3-4,10,13,16-18H2,1-2H3/t20-/m0/s1. The number of halogens is 1. The predicted molar refractivity (Wildman–Crippen MR) is 126 cm³/mol. The number of hydrogen-bond acceptors (Lipinski definition) is 5. The summed E-state index contributed by atoms with van der Waals surface area (Å²) in [5.41, 5.74) is 2.46. The number of carbonyl (C=O) groups is 1. The van der Waals surface area contributed by atoms with Gasteiger partial charge in [-0.05, 0) is 38.8 Å². The summed E-state index contributed by atoms with van der Waals surface area (Å²) in [6.07, 6.45) is 1.76. The van der Waals surface area contributed by atoms with Crippen LogP contribution in [0.15, 0.2) is 59.1 Å². The lowest BCUT2D eigenvalue weighted by Gasteiger charge is -2.27. The highest BCUT2D eigenvalue weighted by Gasteiger charge is 2.29. The molecule has 0 saturated carbocycles. The van der Waals surface area contributed by atoms with E-state index in [-0.39, 0.29) is 24.1 Å². The minimum absolute atomic E-state index is 0.0533. The molecule has 0 N–H and O–H groups in total. The summed E-state index contributed by atoms with van der Waals surface area (Å²) in [6.45, 7) is 6.87. The van der Waals surface area contributed by atoms with Gasteiger partial charge >= 0.3 is 0 Å². The van der Waals surface area contributed by atoms with E-state index in [0.29, 0.717) is 24.7 Å². The van der Waals surface area contributed by atoms with Gasteiger partial charge in [0.1, 0.15) is 11.5 Å². The molecule has 0 aliphatic carbocycles. The van der Waals surface area contributed by atoms with Gasteiger partial charge in [-0.2, -0.15) is 0 Å². The van der Waals surface area contributed by atoms with Crippen LogP contribution in [0.25, 0.3) is 11.3 Å². The zero-order valence-electron chi connectivity index (χ0n) is 19.2. The fraction of sp³-hybridized carbons (Fsp3) is 0.385. The van der Waals surface area contributed by atoms with Crippen LogP contribution < -0.4 is 4.90 Å². The SMILES string of the molecule is CCN(CC)c1onc(-c2ccccc2)c1CN(C[C@@H]1CCCO1)C(=O)c1ccccc1F. The van der Waals surface area contributed by atoms with Gasteiger partial charge in [0, 0.05) is 31.8 Å². The molecule has 1 aliphatic heterocycles. The fourth-order valence-corrected chi connectivity index (χ4v) is 4.27. The molecule has 1 fully saturated rings. The average molecular weight is 452 g/mol. The summed E-state index contributed by atoms with van der Waals surface area (Å²) in [5, 5.41) is 4.38. The first-order chi connectivity index (χ1) is 16.1. The van der Waals surface area contributed by atoms with Crippen LogP contribution in [0.2, 0.25) is 0 Å². The van der Waals surface area contributed by atoms with Gasteiger partial charge in [0.2, 0.25) is 5.88 Å². The number of hydrogen-bond donors (Lipinski definition) is 0. The Morgan fingerprint density at radius 3 is 2.48 bits per heavy atom. The molecule has 1 saturated heterocycles. The lowest BCUT2D eigenvalue weighted by Crippen LogP contribution is -2.38. The fourth-order valence-electron chi connectivity index (χ4n) is 4.27. The Morgan fingerprint density at radius 1 is 1.09 bits per heavy atom. The third-order valence-electron chi connectivity index (χ3n) is 6.05. The van der Waals surface area contributed by atoms with Crippen LogP contribution in [0.5, 0.6) is 0 Å². The van der Waals surface area contributed by atoms with Gasteiger partial charge in [-0.25, -0.2) is 4.39 Å². The van der Waals surface area contributed by atoms with E-state index in [1.807, 2.05) is 44.2 Å². The van der Waals surface area contributed by atoms with Crippen molar-refractivity contribution in [2.75, 3.05) is 31.1 Å². The van der Waals surface area contributed by atoms with Crippen LogP contribution in [-0.4, -0.2) is 48.3 Å². The Labute approximate surface area is 193 Å². The quantitative estimate of drug-likeness (QED) is 0.450.